The van der Waals surface area contributed by atoms with Crippen LogP contribution >= 0.6 is 11.8 Å². The molecule has 0 aliphatic heterocycles. The molecular formula is C15H18FN5OS. The molecule has 122 valence electrons. The molecule has 0 aliphatic carbocycles. The molecule has 1 aromatic heterocycles. The van der Waals surface area contributed by atoms with Gasteiger partial charge in [0.25, 0.3) is 0 Å². The van der Waals surface area contributed by atoms with E-state index in [2.05, 4.69) is 25.6 Å². The smallest absolute Gasteiger partial charge is 0.228 e. The number of thioether (sulfide) groups is 1. The SMILES string of the molecule is CCNc1nc(NCC)nc(SCC(=O)c2ccc(F)cc2)n1. The largest absolute Gasteiger partial charge is 0.354 e. The molecule has 0 unspecified atom stereocenters. The Bertz CT molecular complexity index is 641. The van der Waals surface area contributed by atoms with E-state index in [1.54, 1.807) is 0 Å². The average molecular weight is 335 g/mol. The molecule has 0 spiro atoms. The van der Waals surface area contributed by atoms with Crippen molar-refractivity contribution in [1.82, 2.24) is 15.0 Å². The molecule has 0 bridgehead atoms. The topological polar surface area (TPSA) is 79.8 Å². The molecule has 6 nitrogen and oxygen atoms in total. The lowest BCUT2D eigenvalue weighted by Crippen LogP contribution is -2.10. The minimum Gasteiger partial charge on any atom is -0.354 e. The number of aromatic nitrogens is 3. The van der Waals surface area contributed by atoms with Gasteiger partial charge in [-0.2, -0.15) is 15.0 Å². The lowest BCUT2D eigenvalue weighted by molar-refractivity contribution is 0.102. The Hall–Kier alpha value is -2.22. The van der Waals surface area contributed by atoms with Crippen LogP contribution in [0.5, 0.6) is 0 Å². The second-order valence-corrected chi connectivity index (χ2v) is 5.49. The van der Waals surface area contributed by atoms with E-state index in [-0.39, 0.29) is 17.4 Å². The van der Waals surface area contributed by atoms with Crippen LogP contribution in [0, 0.1) is 5.82 Å². The summed E-state index contributed by atoms with van der Waals surface area (Å²) in [6, 6.07) is 5.49. The number of carbonyl (C=O) groups excluding carboxylic acids is 1. The van der Waals surface area contributed by atoms with Crippen LogP contribution in [-0.2, 0) is 0 Å². The molecule has 0 radical (unpaired) electrons. The third-order valence-electron chi connectivity index (χ3n) is 2.78. The lowest BCUT2D eigenvalue weighted by Gasteiger charge is -2.08. The van der Waals surface area contributed by atoms with Crippen molar-refractivity contribution in [3.63, 3.8) is 0 Å². The number of benzene rings is 1. The number of rotatable bonds is 8. The van der Waals surface area contributed by atoms with E-state index in [0.29, 0.717) is 35.7 Å². The van der Waals surface area contributed by atoms with Gasteiger partial charge in [-0.25, -0.2) is 4.39 Å². The van der Waals surface area contributed by atoms with Crippen LogP contribution in [0.15, 0.2) is 29.4 Å². The maximum Gasteiger partial charge on any atom is 0.228 e. The van der Waals surface area contributed by atoms with Crippen LogP contribution in [0.2, 0.25) is 0 Å². The summed E-state index contributed by atoms with van der Waals surface area (Å²) in [5.41, 5.74) is 0.465. The van der Waals surface area contributed by atoms with Crippen LogP contribution in [0.3, 0.4) is 0 Å². The number of hydrogen-bond acceptors (Lipinski definition) is 7. The monoisotopic (exact) mass is 335 g/mol. The number of halogens is 1. The molecule has 23 heavy (non-hydrogen) atoms. The second-order valence-electron chi connectivity index (χ2n) is 4.54. The molecule has 1 aromatic carbocycles. The van der Waals surface area contributed by atoms with E-state index in [1.807, 2.05) is 13.8 Å². The fraction of sp³-hybridized carbons (Fsp3) is 0.333. The zero-order chi connectivity index (χ0) is 16.7. The van der Waals surface area contributed by atoms with Gasteiger partial charge < -0.3 is 10.6 Å². The molecule has 0 saturated carbocycles. The van der Waals surface area contributed by atoms with Gasteiger partial charge in [0.2, 0.25) is 11.9 Å². The van der Waals surface area contributed by atoms with Gasteiger partial charge in [-0.05, 0) is 38.1 Å². The Labute approximate surface area is 138 Å². The van der Waals surface area contributed by atoms with Gasteiger partial charge in [0.15, 0.2) is 10.9 Å². The Morgan fingerprint density at radius 2 is 1.61 bits per heavy atom. The Morgan fingerprint density at radius 3 is 2.13 bits per heavy atom. The van der Waals surface area contributed by atoms with Crippen molar-refractivity contribution in [2.24, 2.45) is 0 Å². The van der Waals surface area contributed by atoms with Crippen LogP contribution in [0.4, 0.5) is 16.3 Å². The predicted octanol–water partition coefficient (Wildman–Crippen LogP) is 2.85. The van der Waals surface area contributed by atoms with Gasteiger partial charge in [0.05, 0.1) is 5.75 Å². The van der Waals surface area contributed by atoms with E-state index in [9.17, 15) is 9.18 Å². The van der Waals surface area contributed by atoms with E-state index >= 15 is 0 Å². The van der Waals surface area contributed by atoms with Crippen molar-refractivity contribution in [3.05, 3.63) is 35.6 Å². The van der Waals surface area contributed by atoms with Crippen molar-refractivity contribution >= 4 is 29.4 Å². The van der Waals surface area contributed by atoms with Crippen molar-refractivity contribution < 1.29 is 9.18 Å². The molecule has 8 heteroatoms. The van der Waals surface area contributed by atoms with Crippen LogP contribution in [-0.4, -0.2) is 39.6 Å². The maximum absolute atomic E-state index is 12.9. The van der Waals surface area contributed by atoms with Crippen molar-refractivity contribution in [2.75, 3.05) is 29.5 Å². The van der Waals surface area contributed by atoms with Gasteiger partial charge in [0.1, 0.15) is 5.82 Å². The molecule has 0 fully saturated rings. The normalized spacial score (nSPS) is 10.4. The van der Waals surface area contributed by atoms with Crippen molar-refractivity contribution in [1.29, 1.82) is 0 Å². The average Bonchev–Trinajstić information content (AvgIpc) is 2.54. The first-order chi connectivity index (χ1) is 11.1. The molecular weight excluding hydrogens is 317 g/mol. The minimum atomic E-state index is -0.364. The number of nitrogens with zero attached hydrogens (tertiary/aromatic N) is 3. The molecule has 1 heterocycles. The number of hydrogen-bond donors (Lipinski definition) is 2. The summed E-state index contributed by atoms with van der Waals surface area (Å²) in [6.07, 6.45) is 0. The second kappa shape index (κ2) is 8.42. The minimum absolute atomic E-state index is 0.106. The van der Waals surface area contributed by atoms with Gasteiger partial charge in [-0.3, -0.25) is 4.79 Å². The highest BCUT2D eigenvalue weighted by Gasteiger charge is 2.11. The highest BCUT2D eigenvalue weighted by molar-refractivity contribution is 7.99. The van der Waals surface area contributed by atoms with Gasteiger partial charge in [-0.15, -0.1) is 0 Å². The predicted molar refractivity (Wildman–Crippen MR) is 89.6 cm³/mol. The van der Waals surface area contributed by atoms with E-state index in [0.717, 1.165) is 0 Å². The summed E-state index contributed by atoms with van der Waals surface area (Å²) >= 11 is 1.22. The molecule has 0 saturated heterocycles. The van der Waals surface area contributed by atoms with Crippen LogP contribution in [0.1, 0.15) is 24.2 Å². The van der Waals surface area contributed by atoms with E-state index in [4.69, 9.17) is 0 Å². The quantitative estimate of drug-likeness (QED) is 0.567. The molecule has 2 N–H and O–H groups in total. The first-order valence-corrected chi connectivity index (χ1v) is 8.26. The fourth-order valence-electron chi connectivity index (χ4n) is 1.74. The Morgan fingerprint density at radius 1 is 1.04 bits per heavy atom. The summed E-state index contributed by atoms with van der Waals surface area (Å²) in [7, 11) is 0. The molecule has 2 aromatic rings. The van der Waals surface area contributed by atoms with Crippen LogP contribution < -0.4 is 10.6 Å². The zero-order valence-corrected chi connectivity index (χ0v) is 13.8. The summed E-state index contributed by atoms with van der Waals surface area (Å²) in [6.45, 7) is 5.27. The Kier molecular flexibility index (Phi) is 6.28. The standard InChI is InChI=1S/C15H18FN5OS/c1-3-17-13-19-14(18-4-2)21-15(20-13)23-9-12(22)10-5-7-11(16)8-6-10/h5-8H,3-4,9H2,1-2H3,(H2,17,18,19,20,21). The highest BCUT2D eigenvalue weighted by Crippen LogP contribution is 2.18. The number of Topliss-reactive ketones (excluding diaryl/α,β-unsaturated/α-hetero) is 1. The molecule has 0 amide bonds. The Balaban J connectivity index is 2.06. The third-order valence-corrected chi connectivity index (χ3v) is 3.63. The number of ketones is 1. The first-order valence-electron chi connectivity index (χ1n) is 7.27. The summed E-state index contributed by atoms with van der Waals surface area (Å²) in [4.78, 5) is 24.9. The van der Waals surface area contributed by atoms with Crippen LogP contribution in [0.25, 0.3) is 0 Å². The van der Waals surface area contributed by atoms with Gasteiger partial charge in [0, 0.05) is 18.7 Å². The number of nitrogens with one attached hydrogen (secondary N) is 2. The summed E-state index contributed by atoms with van der Waals surface area (Å²) in [5, 5.41) is 6.52. The molecule has 0 atom stereocenters. The van der Waals surface area contributed by atoms with Gasteiger partial charge in [-0.1, -0.05) is 11.8 Å². The lowest BCUT2D eigenvalue weighted by atomic mass is 10.1. The number of anilines is 2. The zero-order valence-electron chi connectivity index (χ0n) is 13.0. The highest BCUT2D eigenvalue weighted by atomic mass is 32.2. The maximum atomic E-state index is 12.9. The number of carbonyl (C=O) groups is 1. The molecule has 0 aliphatic rings. The molecule has 2 rings (SSSR count). The first kappa shape index (κ1) is 17.1. The van der Waals surface area contributed by atoms with E-state index < -0.39 is 0 Å². The fourth-order valence-corrected chi connectivity index (χ4v) is 2.47. The third kappa shape index (κ3) is 5.17. The summed E-state index contributed by atoms with van der Waals surface area (Å²) in [5.74, 6) is 0.639. The van der Waals surface area contributed by atoms with E-state index in [1.165, 1.54) is 36.0 Å². The summed E-state index contributed by atoms with van der Waals surface area (Å²) < 4.78 is 12.9. The van der Waals surface area contributed by atoms with Crippen molar-refractivity contribution in [3.8, 4) is 0 Å². The van der Waals surface area contributed by atoms with Gasteiger partial charge >= 0.3 is 0 Å². The van der Waals surface area contributed by atoms with Crippen molar-refractivity contribution in [2.45, 2.75) is 19.0 Å².